The number of rotatable bonds is 0. The lowest BCUT2D eigenvalue weighted by atomic mass is 9.85. The Morgan fingerprint density at radius 3 is 2.55 bits per heavy atom. The van der Waals surface area contributed by atoms with E-state index in [1.807, 2.05) is 32.0 Å². The monoisotopic (exact) mass is 297 g/mol. The maximum atomic E-state index is 12.7. The first kappa shape index (κ1) is 13.1. The average molecular weight is 297 g/mol. The molecule has 2 aliphatic heterocycles. The molecule has 0 bridgehead atoms. The van der Waals surface area contributed by atoms with Gasteiger partial charge >= 0.3 is 6.03 Å². The molecule has 6 nitrogen and oxygen atoms in total. The number of likely N-dealkylation sites (N-methyl/N-ethyl adjacent to an activating group) is 1. The van der Waals surface area contributed by atoms with Crippen molar-refractivity contribution in [3.8, 4) is 0 Å². The molecule has 1 aromatic carbocycles. The summed E-state index contributed by atoms with van der Waals surface area (Å²) < 4.78 is 1.60. The standard InChI is InChI=1S/C16H15N3O3/c1-8-9(2)19-13-10(8)5-4-6-11(13)16(17-15(19)22)7-12(20)18(3)14(16)21/h4-6H,7H2,1-3H3,(H,17,22). The molecule has 1 N–H and O–H groups in total. The summed E-state index contributed by atoms with van der Waals surface area (Å²) in [5.41, 5.74) is 2.02. The van der Waals surface area contributed by atoms with Crippen LogP contribution in [-0.2, 0) is 15.1 Å². The predicted molar refractivity (Wildman–Crippen MR) is 79.4 cm³/mol. The van der Waals surface area contributed by atoms with Crippen molar-refractivity contribution in [2.24, 2.45) is 0 Å². The normalized spacial score (nSPS) is 23.8. The van der Waals surface area contributed by atoms with Crippen LogP contribution in [0.1, 0.15) is 23.2 Å². The highest BCUT2D eigenvalue weighted by molar-refractivity contribution is 6.14. The number of aryl methyl sites for hydroxylation is 1. The van der Waals surface area contributed by atoms with E-state index >= 15 is 0 Å². The minimum absolute atomic E-state index is 0.0313. The minimum atomic E-state index is -1.27. The number of carbonyl (C=O) groups excluding carboxylic acids is 3. The smallest absolute Gasteiger partial charge is 0.318 e. The molecule has 1 atom stereocenters. The largest absolute Gasteiger partial charge is 0.327 e. The van der Waals surface area contributed by atoms with Crippen molar-refractivity contribution >= 4 is 28.7 Å². The zero-order valence-corrected chi connectivity index (χ0v) is 12.6. The summed E-state index contributed by atoms with van der Waals surface area (Å²) >= 11 is 0. The van der Waals surface area contributed by atoms with Gasteiger partial charge in [0.25, 0.3) is 5.91 Å². The number of likely N-dealkylation sites (tertiary alicyclic amines) is 1. The van der Waals surface area contributed by atoms with E-state index < -0.39 is 5.54 Å². The molecular formula is C16H15N3O3. The van der Waals surface area contributed by atoms with Crippen LogP contribution in [0.25, 0.3) is 10.9 Å². The van der Waals surface area contributed by atoms with Gasteiger partial charge in [0.05, 0.1) is 11.9 Å². The molecule has 1 fully saturated rings. The summed E-state index contributed by atoms with van der Waals surface area (Å²) in [5, 5.41) is 3.73. The van der Waals surface area contributed by atoms with Crippen molar-refractivity contribution in [3.63, 3.8) is 0 Å². The molecule has 1 spiro atoms. The van der Waals surface area contributed by atoms with E-state index in [-0.39, 0.29) is 24.3 Å². The Balaban J connectivity index is 2.14. The number of nitrogens with zero attached hydrogens (tertiary/aromatic N) is 2. The SMILES string of the molecule is Cc1c(C)n2c3c(cccc13)C1(CC(=O)N(C)C1=O)NC2=O. The van der Waals surface area contributed by atoms with Crippen LogP contribution >= 0.6 is 0 Å². The second-order valence-electron chi connectivity index (χ2n) is 6.02. The summed E-state index contributed by atoms with van der Waals surface area (Å²) in [5.74, 6) is -0.656. The Morgan fingerprint density at radius 1 is 1.18 bits per heavy atom. The van der Waals surface area contributed by atoms with Gasteiger partial charge in [0.2, 0.25) is 5.91 Å². The van der Waals surface area contributed by atoms with Crippen molar-refractivity contribution in [1.29, 1.82) is 0 Å². The molecule has 6 heteroatoms. The number of para-hydroxylation sites is 1. The predicted octanol–water partition coefficient (Wildman–Crippen LogP) is 1.41. The number of amides is 3. The molecule has 112 valence electrons. The third-order valence-corrected chi connectivity index (χ3v) is 4.99. The molecule has 0 saturated carbocycles. The maximum absolute atomic E-state index is 12.7. The van der Waals surface area contributed by atoms with Gasteiger partial charge in [-0.15, -0.1) is 0 Å². The molecule has 1 aromatic heterocycles. The fourth-order valence-corrected chi connectivity index (χ4v) is 3.65. The zero-order valence-electron chi connectivity index (χ0n) is 12.6. The van der Waals surface area contributed by atoms with Crippen LogP contribution in [0.5, 0.6) is 0 Å². The van der Waals surface area contributed by atoms with Crippen molar-refractivity contribution in [1.82, 2.24) is 14.8 Å². The highest BCUT2D eigenvalue weighted by Gasteiger charge is 2.55. The number of hydrogen-bond acceptors (Lipinski definition) is 3. The van der Waals surface area contributed by atoms with E-state index in [0.717, 1.165) is 27.1 Å². The van der Waals surface area contributed by atoms with E-state index in [1.165, 1.54) is 7.05 Å². The molecule has 2 aromatic rings. The first-order valence-electron chi connectivity index (χ1n) is 7.13. The van der Waals surface area contributed by atoms with E-state index in [0.29, 0.717) is 5.56 Å². The Bertz CT molecular complexity index is 896. The van der Waals surface area contributed by atoms with Gasteiger partial charge in [0, 0.05) is 23.7 Å². The lowest BCUT2D eigenvalue weighted by Crippen LogP contribution is -2.55. The second-order valence-corrected chi connectivity index (χ2v) is 6.02. The minimum Gasteiger partial charge on any atom is -0.318 e. The van der Waals surface area contributed by atoms with Gasteiger partial charge < -0.3 is 5.32 Å². The van der Waals surface area contributed by atoms with Crippen molar-refractivity contribution in [2.75, 3.05) is 7.05 Å². The van der Waals surface area contributed by atoms with Gasteiger partial charge in [-0.05, 0) is 19.4 Å². The Morgan fingerprint density at radius 2 is 1.91 bits per heavy atom. The summed E-state index contributed by atoms with van der Waals surface area (Å²) in [4.78, 5) is 38.4. The third kappa shape index (κ3) is 1.24. The fraction of sp³-hybridized carbons (Fsp3) is 0.312. The molecule has 3 heterocycles. The topological polar surface area (TPSA) is 71.4 Å². The van der Waals surface area contributed by atoms with Crippen molar-refractivity contribution < 1.29 is 14.4 Å². The molecule has 0 radical (unpaired) electrons. The Hall–Kier alpha value is -2.63. The second kappa shape index (κ2) is 3.76. The van der Waals surface area contributed by atoms with Crippen LogP contribution in [-0.4, -0.2) is 34.4 Å². The molecule has 1 unspecified atom stereocenters. The maximum Gasteiger partial charge on any atom is 0.327 e. The van der Waals surface area contributed by atoms with Crippen LogP contribution in [0.15, 0.2) is 18.2 Å². The quantitative estimate of drug-likeness (QED) is 0.747. The van der Waals surface area contributed by atoms with Gasteiger partial charge in [-0.2, -0.15) is 0 Å². The summed E-state index contributed by atoms with van der Waals surface area (Å²) in [6.45, 7) is 3.83. The lowest BCUT2D eigenvalue weighted by Gasteiger charge is -2.33. The lowest BCUT2D eigenvalue weighted by molar-refractivity contribution is -0.138. The van der Waals surface area contributed by atoms with E-state index in [4.69, 9.17) is 0 Å². The molecule has 2 aliphatic rings. The van der Waals surface area contributed by atoms with Crippen LogP contribution in [0.2, 0.25) is 0 Å². The fourth-order valence-electron chi connectivity index (χ4n) is 3.65. The van der Waals surface area contributed by atoms with Gasteiger partial charge in [-0.1, -0.05) is 18.2 Å². The number of fused-ring (bicyclic) bond motifs is 1. The first-order valence-corrected chi connectivity index (χ1v) is 7.13. The number of benzene rings is 1. The van der Waals surface area contributed by atoms with E-state index in [9.17, 15) is 14.4 Å². The summed E-state index contributed by atoms with van der Waals surface area (Å²) in [6, 6.07) is 5.27. The highest BCUT2D eigenvalue weighted by atomic mass is 16.2. The molecule has 3 amide bonds. The molecule has 22 heavy (non-hydrogen) atoms. The highest BCUT2D eigenvalue weighted by Crippen LogP contribution is 2.42. The number of carbonyl (C=O) groups is 3. The third-order valence-electron chi connectivity index (χ3n) is 4.99. The molecular weight excluding hydrogens is 282 g/mol. The molecule has 4 rings (SSSR count). The molecule has 0 aliphatic carbocycles. The van der Waals surface area contributed by atoms with Gasteiger partial charge in [0.15, 0.2) is 5.54 Å². The van der Waals surface area contributed by atoms with Crippen LogP contribution in [0.4, 0.5) is 4.79 Å². The van der Waals surface area contributed by atoms with Crippen LogP contribution in [0, 0.1) is 13.8 Å². The summed E-state index contributed by atoms with van der Waals surface area (Å²) in [7, 11) is 1.45. The van der Waals surface area contributed by atoms with Gasteiger partial charge in [-0.3, -0.25) is 19.1 Å². The number of hydrogen-bond donors (Lipinski definition) is 1. The van der Waals surface area contributed by atoms with Crippen molar-refractivity contribution in [3.05, 3.63) is 35.0 Å². The zero-order chi connectivity index (χ0) is 15.8. The first-order chi connectivity index (χ1) is 10.4. The average Bonchev–Trinajstić information content (AvgIpc) is 2.87. The number of nitrogens with one attached hydrogen (secondary N) is 1. The van der Waals surface area contributed by atoms with Crippen LogP contribution in [0.3, 0.4) is 0 Å². The van der Waals surface area contributed by atoms with Gasteiger partial charge in [0.1, 0.15) is 0 Å². The van der Waals surface area contributed by atoms with Crippen LogP contribution < -0.4 is 5.32 Å². The van der Waals surface area contributed by atoms with Gasteiger partial charge in [-0.25, -0.2) is 4.79 Å². The van der Waals surface area contributed by atoms with Crippen molar-refractivity contribution in [2.45, 2.75) is 25.8 Å². The molecule has 1 saturated heterocycles. The number of imide groups is 1. The number of aromatic nitrogens is 1. The Labute approximate surface area is 126 Å². The van der Waals surface area contributed by atoms with E-state index in [1.54, 1.807) is 4.57 Å². The summed E-state index contributed by atoms with van der Waals surface area (Å²) in [6.07, 6.45) is -0.0313. The van der Waals surface area contributed by atoms with E-state index in [2.05, 4.69) is 5.32 Å². The Kier molecular flexibility index (Phi) is 2.24.